The number of nitrogens with zero attached hydrogens (tertiary/aromatic N) is 2. The zero-order chi connectivity index (χ0) is 19.5. The number of benzene rings is 1. The molecule has 2 heterocycles. The van der Waals surface area contributed by atoms with Crippen LogP contribution in [0.1, 0.15) is 11.1 Å². The summed E-state index contributed by atoms with van der Waals surface area (Å²) in [5.41, 5.74) is -0.279. The van der Waals surface area contributed by atoms with E-state index in [1.54, 1.807) is 6.07 Å². The Balaban J connectivity index is 1.66. The van der Waals surface area contributed by atoms with Crippen molar-refractivity contribution in [1.82, 2.24) is 9.29 Å². The van der Waals surface area contributed by atoms with Crippen LogP contribution >= 0.6 is 0 Å². The van der Waals surface area contributed by atoms with Gasteiger partial charge in [-0.25, -0.2) is 13.4 Å². The number of ether oxygens (including phenoxy) is 1. The first-order valence-electron chi connectivity index (χ1n) is 8.21. The summed E-state index contributed by atoms with van der Waals surface area (Å²) in [5, 5.41) is 2.89. The normalized spacial score (nSPS) is 16.3. The maximum Gasteiger partial charge on any atom is 0.416 e. The molecule has 1 aromatic heterocycles. The number of rotatable bonds is 5. The van der Waals surface area contributed by atoms with Crippen molar-refractivity contribution in [3.05, 3.63) is 53.7 Å². The molecule has 0 radical (unpaired) electrons. The molecule has 27 heavy (non-hydrogen) atoms. The fraction of sp³-hybridized carbons (Fsp3) is 0.353. The molecule has 0 bridgehead atoms. The molecule has 2 aromatic rings. The Labute approximate surface area is 155 Å². The van der Waals surface area contributed by atoms with Crippen molar-refractivity contribution in [1.29, 1.82) is 0 Å². The first kappa shape index (κ1) is 19.6. The van der Waals surface area contributed by atoms with Gasteiger partial charge in [0, 0.05) is 25.8 Å². The Morgan fingerprint density at radius 2 is 1.89 bits per heavy atom. The molecular formula is C17H18F3N3O3S. The van der Waals surface area contributed by atoms with Gasteiger partial charge in [-0.3, -0.25) is 0 Å². The second-order valence-electron chi connectivity index (χ2n) is 5.95. The SMILES string of the molecule is O=S(=O)(c1ccc(NCc2cccc(C(F)(F)F)c2)nc1)N1CCOCC1. The van der Waals surface area contributed by atoms with Gasteiger partial charge in [0.2, 0.25) is 10.0 Å². The summed E-state index contributed by atoms with van der Waals surface area (Å²) in [5.74, 6) is 0.369. The molecule has 1 N–H and O–H groups in total. The van der Waals surface area contributed by atoms with E-state index in [0.717, 1.165) is 12.1 Å². The molecule has 0 amide bonds. The molecule has 6 nitrogen and oxygen atoms in total. The van der Waals surface area contributed by atoms with Crippen LogP contribution in [0.3, 0.4) is 0 Å². The molecule has 1 aromatic carbocycles. The molecule has 10 heteroatoms. The highest BCUT2D eigenvalue weighted by Crippen LogP contribution is 2.29. The molecule has 1 fully saturated rings. The minimum atomic E-state index is -4.40. The van der Waals surface area contributed by atoms with Gasteiger partial charge in [0.25, 0.3) is 0 Å². The van der Waals surface area contributed by atoms with Gasteiger partial charge in [0.15, 0.2) is 0 Å². The summed E-state index contributed by atoms with van der Waals surface area (Å²) < 4.78 is 69.7. The van der Waals surface area contributed by atoms with Crippen LogP contribution in [0.2, 0.25) is 0 Å². The fourth-order valence-corrected chi connectivity index (χ4v) is 3.98. The second-order valence-corrected chi connectivity index (χ2v) is 7.89. The van der Waals surface area contributed by atoms with Crippen molar-refractivity contribution in [2.45, 2.75) is 17.6 Å². The highest BCUT2D eigenvalue weighted by Gasteiger charge is 2.30. The Hall–Kier alpha value is -2.17. The fourth-order valence-electron chi connectivity index (χ4n) is 2.62. The van der Waals surface area contributed by atoms with Crippen LogP contribution in [0, 0.1) is 0 Å². The van der Waals surface area contributed by atoms with Gasteiger partial charge in [0.1, 0.15) is 10.7 Å². The van der Waals surface area contributed by atoms with Crippen molar-refractivity contribution >= 4 is 15.8 Å². The predicted molar refractivity (Wildman–Crippen MR) is 92.6 cm³/mol. The highest BCUT2D eigenvalue weighted by atomic mass is 32.2. The van der Waals surface area contributed by atoms with E-state index >= 15 is 0 Å². The molecule has 1 aliphatic rings. The van der Waals surface area contributed by atoms with Crippen LogP contribution < -0.4 is 5.32 Å². The number of anilines is 1. The lowest BCUT2D eigenvalue weighted by Gasteiger charge is -2.25. The lowest BCUT2D eigenvalue weighted by Crippen LogP contribution is -2.40. The molecule has 0 spiro atoms. The largest absolute Gasteiger partial charge is 0.416 e. The number of alkyl halides is 3. The summed E-state index contributed by atoms with van der Waals surface area (Å²) in [6.45, 7) is 1.41. The van der Waals surface area contributed by atoms with Gasteiger partial charge in [-0.15, -0.1) is 0 Å². The average Bonchev–Trinajstić information content (AvgIpc) is 2.67. The third-order valence-corrected chi connectivity index (χ3v) is 5.95. The number of morpholine rings is 1. The smallest absolute Gasteiger partial charge is 0.379 e. The van der Waals surface area contributed by atoms with Crippen LogP contribution in [0.4, 0.5) is 19.0 Å². The van der Waals surface area contributed by atoms with Crippen LogP contribution in [-0.4, -0.2) is 44.0 Å². The zero-order valence-electron chi connectivity index (χ0n) is 14.2. The number of sulfonamides is 1. The lowest BCUT2D eigenvalue weighted by molar-refractivity contribution is -0.137. The predicted octanol–water partition coefficient (Wildman–Crippen LogP) is 2.73. The van der Waals surface area contributed by atoms with Crippen LogP contribution in [0.25, 0.3) is 0 Å². The van der Waals surface area contributed by atoms with Gasteiger partial charge in [0.05, 0.1) is 18.8 Å². The third-order valence-electron chi connectivity index (χ3n) is 4.07. The molecule has 0 saturated carbocycles. The first-order chi connectivity index (χ1) is 12.8. The monoisotopic (exact) mass is 401 g/mol. The number of hydrogen-bond acceptors (Lipinski definition) is 5. The van der Waals surface area contributed by atoms with E-state index in [1.165, 1.54) is 28.7 Å². The first-order valence-corrected chi connectivity index (χ1v) is 9.65. The van der Waals surface area contributed by atoms with E-state index in [1.807, 2.05) is 0 Å². The maximum atomic E-state index is 12.7. The highest BCUT2D eigenvalue weighted by molar-refractivity contribution is 7.89. The summed E-state index contributed by atoms with van der Waals surface area (Å²) in [6.07, 6.45) is -3.16. The van der Waals surface area contributed by atoms with Gasteiger partial charge >= 0.3 is 6.18 Å². The zero-order valence-corrected chi connectivity index (χ0v) is 15.1. The molecule has 1 saturated heterocycles. The van der Waals surface area contributed by atoms with Crippen molar-refractivity contribution in [3.8, 4) is 0 Å². The van der Waals surface area contributed by atoms with E-state index in [2.05, 4.69) is 10.3 Å². The van der Waals surface area contributed by atoms with Gasteiger partial charge in [-0.1, -0.05) is 12.1 Å². The molecule has 146 valence electrons. The number of hydrogen-bond donors (Lipinski definition) is 1. The van der Waals surface area contributed by atoms with E-state index in [9.17, 15) is 21.6 Å². The Kier molecular flexibility index (Phi) is 5.68. The van der Waals surface area contributed by atoms with E-state index in [0.29, 0.717) is 24.6 Å². The minimum absolute atomic E-state index is 0.0639. The van der Waals surface area contributed by atoms with Crippen LogP contribution in [0.5, 0.6) is 0 Å². The Morgan fingerprint density at radius 3 is 2.52 bits per heavy atom. The second kappa shape index (κ2) is 7.83. The molecule has 0 unspecified atom stereocenters. The molecular weight excluding hydrogens is 383 g/mol. The van der Waals surface area contributed by atoms with Gasteiger partial charge in [-0.2, -0.15) is 17.5 Å². The summed E-state index contributed by atoms with van der Waals surface area (Å²) >= 11 is 0. The van der Waals surface area contributed by atoms with Crippen molar-refractivity contribution < 1.29 is 26.3 Å². The molecule has 0 aliphatic carbocycles. The van der Waals surface area contributed by atoms with Crippen molar-refractivity contribution in [3.63, 3.8) is 0 Å². The quantitative estimate of drug-likeness (QED) is 0.834. The topological polar surface area (TPSA) is 71.5 Å². The lowest BCUT2D eigenvalue weighted by atomic mass is 10.1. The third kappa shape index (κ3) is 4.76. The van der Waals surface area contributed by atoms with E-state index < -0.39 is 21.8 Å². The number of aromatic nitrogens is 1. The van der Waals surface area contributed by atoms with E-state index in [4.69, 9.17) is 4.74 Å². The summed E-state index contributed by atoms with van der Waals surface area (Å²) in [4.78, 5) is 4.12. The standard InChI is InChI=1S/C17H18F3N3O3S/c18-17(19,20)14-3-1-2-13(10-14)11-21-16-5-4-15(12-22-16)27(24,25)23-6-8-26-9-7-23/h1-5,10,12H,6-9,11H2,(H,21,22). The average molecular weight is 401 g/mol. The molecule has 1 aliphatic heterocycles. The number of pyridine rings is 1. The van der Waals surface area contributed by atoms with Gasteiger partial charge < -0.3 is 10.1 Å². The summed E-state index contributed by atoms with van der Waals surface area (Å²) in [7, 11) is -3.63. The number of halogens is 3. The summed E-state index contributed by atoms with van der Waals surface area (Å²) in [6, 6.07) is 7.88. The molecule has 0 atom stereocenters. The van der Waals surface area contributed by atoms with Crippen molar-refractivity contribution in [2.75, 3.05) is 31.6 Å². The maximum absolute atomic E-state index is 12.7. The van der Waals surface area contributed by atoms with Gasteiger partial charge in [-0.05, 0) is 29.8 Å². The molecule has 3 rings (SSSR count). The Morgan fingerprint density at radius 1 is 1.15 bits per heavy atom. The number of nitrogens with one attached hydrogen (secondary N) is 1. The van der Waals surface area contributed by atoms with Crippen molar-refractivity contribution in [2.24, 2.45) is 0 Å². The Bertz CT molecular complexity index is 880. The van der Waals surface area contributed by atoms with Crippen LogP contribution in [0.15, 0.2) is 47.5 Å². The van der Waals surface area contributed by atoms with Crippen LogP contribution in [-0.2, 0) is 27.5 Å². The minimum Gasteiger partial charge on any atom is -0.379 e. The van der Waals surface area contributed by atoms with E-state index in [-0.39, 0.29) is 24.5 Å².